The Morgan fingerprint density at radius 2 is 2.06 bits per heavy atom. The lowest BCUT2D eigenvalue weighted by Crippen LogP contribution is -2.28. The van der Waals surface area contributed by atoms with Gasteiger partial charge in [-0.2, -0.15) is 0 Å². The molecule has 2 N–H and O–H groups in total. The van der Waals surface area contributed by atoms with Crippen LogP contribution in [0, 0.1) is 6.92 Å². The molecule has 0 radical (unpaired) electrons. The lowest BCUT2D eigenvalue weighted by molar-refractivity contribution is -0.115. The van der Waals surface area contributed by atoms with Crippen LogP contribution in [0.1, 0.15) is 12.5 Å². The minimum atomic E-state index is -0.00690. The van der Waals surface area contributed by atoms with Crippen LogP contribution in [0.2, 0.25) is 0 Å². The highest BCUT2D eigenvalue weighted by molar-refractivity contribution is 5.93. The molecule has 0 bridgehead atoms. The van der Waals surface area contributed by atoms with E-state index in [9.17, 15) is 4.79 Å². The smallest absolute Gasteiger partial charge is 0.238 e. The second-order valence-electron chi connectivity index (χ2n) is 4.22. The third-order valence-corrected chi connectivity index (χ3v) is 2.54. The largest absolute Gasteiger partial charge is 0.378 e. The van der Waals surface area contributed by atoms with Crippen molar-refractivity contribution in [1.82, 2.24) is 5.32 Å². The second kappa shape index (κ2) is 6.25. The average molecular weight is 235 g/mol. The van der Waals surface area contributed by atoms with Crippen molar-refractivity contribution in [3.05, 3.63) is 23.8 Å². The van der Waals surface area contributed by atoms with Gasteiger partial charge in [0.05, 0.1) is 6.54 Å². The van der Waals surface area contributed by atoms with Crippen molar-refractivity contribution >= 4 is 17.3 Å². The molecule has 1 amide bonds. The quantitative estimate of drug-likeness (QED) is 0.815. The predicted octanol–water partition coefficient (Wildman–Crippen LogP) is 1.61. The van der Waals surface area contributed by atoms with E-state index in [1.807, 2.05) is 45.0 Å². The van der Waals surface area contributed by atoms with Gasteiger partial charge in [-0.25, -0.2) is 0 Å². The van der Waals surface area contributed by atoms with Crippen LogP contribution in [0.25, 0.3) is 0 Å². The minimum absolute atomic E-state index is 0.00690. The molecule has 0 saturated carbocycles. The SMILES string of the molecule is CCNCC(=O)Nc1ccc(N(C)C)cc1C. The Kier molecular flexibility index (Phi) is 4.97. The van der Waals surface area contributed by atoms with Gasteiger partial charge in [0.15, 0.2) is 0 Å². The number of likely N-dealkylation sites (N-methyl/N-ethyl adjacent to an activating group) is 1. The number of nitrogens with zero attached hydrogens (tertiary/aromatic N) is 1. The summed E-state index contributed by atoms with van der Waals surface area (Å²) in [5.41, 5.74) is 3.08. The molecule has 0 saturated heterocycles. The lowest BCUT2D eigenvalue weighted by atomic mass is 10.1. The van der Waals surface area contributed by atoms with Crippen LogP contribution >= 0.6 is 0 Å². The number of nitrogens with one attached hydrogen (secondary N) is 2. The fraction of sp³-hybridized carbons (Fsp3) is 0.462. The Morgan fingerprint density at radius 3 is 2.59 bits per heavy atom. The van der Waals surface area contributed by atoms with E-state index in [-0.39, 0.29) is 5.91 Å². The van der Waals surface area contributed by atoms with Crippen LogP contribution in [0.5, 0.6) is 0 Å². The molecule has 0 fully saturated rings. The average Bonchev–Trinajstić information content (AvgIpc) is 2.28. The molecule has 0 aliphatic carbocycles. The molecule has 0 aromatic heterocycles. The van der Waals surface area contributed by atoms with Gasteiger partial charge in [0.25, 0.3) is 0 Å². The van der Waals surface area contributed by atoms with Crippen LogP contribution in [0.3, 0.4) is 0 Å². The number of amides is 1. The standard InChI is InChI=1S/C13H21N3O/c1-5-14-9-13(17)15-12-7-6-11(16(3)4)8-10(12)2/h6-8,14H,5,9H2,1-4H3,(H,15,17). The van der Waals surface area contributed by atoms with Crippen molar-refractivity contribution in [1.29, 1.82) is 0 Å². The molecular weight excluding hydrogens is 214 g/mol. The van der Waals surface area contributed by atoms with Gasteiger partial charge in [0.2, 0.25) is 5.91 Å². The van der Waals surface area contributed by atoms with E-state index in [1.54, 1.807) is 0 Å². The molecule has 0 aliphatic heterocycles. The van der Waals surface area contributed by atoms with Gasteiger partial charge in [0, 0.05) is 25.5 Å². The zero-order chi connectivity index (χ0) is 12.8. The molecule has 1 aromatic carbocycles. The summed E-state index contributed by atoms with van der Waals surface area (Å²) in [5, 5.41) is 5.89. The van der Waals surface area contributed by atoms with Crippen molar-refractivity contribution in [3.63, 3.8) is 0 Å². The predicted molar refractivity (Wildman–Crippen MR) is 72.7 cm³/mol. The molecule has 94 valence electrons. The van der Waals surface area contributed by atoms with Gasteiger partial charge in [-0.3, -0.25) is 4.79 Å². The Balaban J connectivity index is 2.69. The molecular formula is C13H21N3O. The highest BCUT2D eigenvalue weighted by atomic mass is 16.1. The van der Waals surface area contributed by atoms with Gasteiger partial charge in [-0.1, -0.05) is 6.92 Å². The Hall–Kier alpha value is -1.55. The van der Waals surface area contributed by atoms with Crippen molar-refractivity contribution < 1.29 is 4.79 Å². The summed E-state index contributed by atoms with van der Waals surface area (Å²) in [7, 11) is 4.00. The number of benzene rings is 1. The summed E-state index contributed by atoms with van der Waals surface area (Å²) < 4.78 is 0. The fourth-order valence-corrected chi connectivity index (χ4v) is 1.50. The number of carbonyl (C=O) groups is 1. The molecule has 4 heteroatoms. The first-order chi connectivity index (χ1) is 8.04. The van der Waals surface area contributed by atoms with Gasteiger partial charge in [-0.05, 0) is 37.2 Å². The molecule has 4 nitrogen and oxygen atoms in total. The van der Waals surface area contributed by atoms with E-state index in [4.69, 9.17) is 0 Å². The third-order valence-electron chi connectivity index (χ3n) is 2.54. The molecule has 0 heterocycles. The summed E-state index contributed by atoms with van der Waals surface area (Å²) in [6.45, 7) is 5.12. The van der Waals surface area contributed by atoms with Crippen molar-refractivity contribution in [2.75, 3.05) is 37.4 Å². The Labute approximate surface area is 103 Å². The maximum Gasteiger partial charge on any atom is 0.238 e. The minimum Gasteiger partial charge on any atom is -0.378 e. The van der Waals surface area contributed by atoms with Crippen molar-refractivity contribution in [2.24, 2.45) is 0 Å². The van der Waals surface area contributed by atoms with Crippen LogP contribution < -0.4 is 15.5 Å². The first kappa shape index (κ1) is 13.5. The van der Waals surface area contributed by atoms with E-state index >= 15 is 0 Å². The lowest BCUT2D eigenvalue weighted by Gasteiger charge is -2.15. The van der Waals surface area contributed by atoms with Gasteiger partial charge in [-0.15, -0.1) is 0 Å². The number of anilines is 2. The first-order valence-electron chi connectivity index (χ1n) is 5.83. The van der Waals surface area contributed by atoms with Gasteiger partial charge in [0.1, 0.15) is 0 Å². The van der Waals surface area contributed by atoms with Crippen molar-refractivity contribution in [2.45, 2.75) is 13.8 Å². The summed E-state index contributed by atoms with van der Waals surface area (Å²) in [5.74, 6) is -0.00690. The monoisotopic (exact) mass is 235 g/mol. The fourth-order valence-electron chi connectivity index (χ4n) is 1.50. The van der Waals surface area contributed by atoms with E-state index in [2.05, 4.69) is 16.7 Å². The summed E-state index contributed by atoms with van der Waals surface area (Å²) >= 11 is 0. The molecule has 17 heavy (non-hydrogen) atoms. The zero-order valence-corrected chi connectivity index (χ0v) is 11.0. The first-order valence-corrected chi connectivity index (χ1v) is 5.83. The Morgan fingerprint density at radius 1 is 1.35 bits per heavy atom. The van der Waals surface area contributed by atoms with Crippen LogP contribution in [0.4, 0.5) is 11.4 Å². The molecule has 0 unspecified atom stereocenters. The van der Waals surface area contributed by atoms with Crippen LogP contribution in [-0.4, -0.2) is 33.1 Å². The highest BCUT2D eigenvalue weighted by Gasteiger charge is 2.05. The zero-order valence-electron chi connectivity index (χ0n) is 11.0. The molecule has 0 atom stereocenters. The van der Waals surface area contributed by atoms with Gasteiger partial charge < -0.3 is 15.5 Å². The second-order valence-corrected chi connectivity index (χ2v) is 4.22. The number of hydrogen-bond acceptors (Lipinski definition) is 3. The van der Waals surface area contributed by atoms with E-state index in [0.29, 0.717) is 6.54 Å². The summed E-state index contributed by atoms with van der Waals surface area (Å²) in [6, 6.07) is 5.99. The van der Waals surface area contributed by atoms with Crippen molar-refractivity contribution in [3.8, 4) is 0 Å². The van der Waals surface area contributed by atoms with Crippen LogP contribution in [0.15, 0.2) is 18.2 Å². The number of hydrogen-bond donors (Lipinski definition) is 2. The topological polar surface area (TPSA) is 44.4 Å². The number of rotatable bonds is 5. The Bertz CT molecular complexity index is 388. The van der Waals surface area contributed by atoms with E-state index < -0.39 is 0 Å². The number of aryl methyl sites for hydroxylation is 1. The highest BCUT2D eigenvalue weighted by Crippen LogP contribution is 2.21. The maximum absolute atomic E-state index is 11.6. The van der Waals surface area contributed by atoms with E-state index in [1.165, 1.54) is 0 Å². The van der Waals surface area contributed by atoms with Gasteiger partial charge >= 0.3 is 0 Å². The normalized spacial score (nSPS) is 10.1. The molecule has 1 aromatic rings. The van der Waals surface area contributed by atoms with E-state index in [0.717, 1.165) is 23.5 Å². The third kappa shape index (κ3) is 4.07. The van der Waals surface area contributed by atoms with Crippen LogP contribution in [-0.2, 0) is 4.79 Å². The summed E-state index contributed by atoms with van der Waals surface area (Å²) in [6.07, 6.45) is 0. The molecule has 0 spiro atoms. The maximum atomic E-state index is 11.6. The molecule has 0 aliphatic rings. The molecule has 1 rings (SSSR count). The summed E-state index contributed by atoms with van der Waals surface area (Å²) in [4.78, 5) is 13.6. The number of carbonyl (C=O) groups excluding carboxylic acids is 1.